The fourth-order valence-corrected chi connectivity index (χ4v) is 5.41. The molecule has 0 aromatic heterocycles. The molecule has 0 heterocycles. The largest absolute Gasteiger partial charge is 0.393 e. The van der Waals surface area contributed by atoms with Crippen molar-refractivity contribution in [3.63, 3.8) is 0 Å². The van der Waals surface area contributed by atoms with Crippen LogP contribution < -0.4 is 0 Å². The molecule has 4 aliphatic rings. The van der Waals surface area contributed by atoms with E-state index in [1.165, 1.54) is 6.42 Å². The van der Waals surface area contributed by atoms with Crippen molar-refractivity contribution in [1.82, 2.24) is 0 Å². The van der Waals surface area contributed by atoms with Gasteiger partial charge in [0.1, 0.15) is 0 Å². The van der Waals surface area contributed by atoms with Gasteiger partial charge in [0.2, 0.25) is 0 Å². The second-order valence-electron chi connectivity index (χ2n) is 6.94. The third kappa shape index (κ3) is 1.06. The summed E-state index contributed by atoms with van der Waals surface area (Å²) in [5.74, 6) is 3.58. The summed E-state index contributed by atoms with van der Waals surface area (Å²) in [5.41, 5.74) is 2.03. The lowest BCUT2D eigenvalue weighted by Crippen LogP contribution is -2.67. The first-order chi connectivity index (χ1) is 7.47. The predicted molar refractivity (Wildman–Crippen MR) is 65.9 cm³/mol. The predicted octanol–water partition coefficient (Wildman–Crippen LogP) is 3.24. The molecule has 0 amide bonds. The maximum absolute atomic E-state index is 10.3. The molecular formula is C15H24O. The van der Waals surface area contributed by atoms with Crippen LogP contribution in [-0.4, -0.2) is 11.2 Å². The monoisotopic (exact) mass is 220 g/mol. The molecule has 90 valence electrons. The number of hydrogen-bond donors (Lipinski definition) is 1. The first-order valence-electron chi connectivity index (χ1n) is 6.81. The molecule has 4 rings (SSSR count). The minimum Gasteiger partial charge on any atom is -0.393 e. The minimum absolute atomic E-state index is 0.0478. The summed E-state index contributed by atoms with van der Waals surface area (Å²) in [5, 5.41) is 10.3. The average molecular weight is 220 g/mol. The molecule has 0 aliphatic heterocycles. The Morgan fingerprint density at radius 2 is 2.12 bits per heavy atom. The maximum Gasteiger partial charge on any atom is 0.0579 e. The Hall–Kier alpha value is -0.300. The van der Waals surface area contributed by atoms with Gasteiger partial charge in [-0.05, 0) is 54.8 Å². The molecule has 0 aromatic carbocycles. The fourth-order valence-electron chi connectivity index (χ4n) is 5.41. The van der Waals surface area contributed by atoms with Crippen molar-refractivity contribution in [1.29, 1.82) is 0 Å². The van der Waals surface area contributed by atoms with Crippen molar-refractivity contribution in [2.75, 3.05) is 0 Å². The van der Waals surface area contributed by atoms with Crippen LogP contribution in [0.3, 0.4) is 0 Å². The SMILES string of the molecule is CC1=CCC2C3C(C(C)C)C(O)CC2(C)C13. The molecule has 4 aliphatic carbocycles. The lowest BCUT2D eigenvalue weighted by molar-refractivity contribution is -0.224. The Morgan fingerprint density at radius 3 is 2.69 bits per heavy atom. The van der Waals surface area contributed by atoms with Crippen molar-refractivity contribution >= 4 is 0 Å². The van der Waals surface area contributed by atoms with Crippen LogP contribution in [0.2, 0.25) is 0 Å². The Balaban J connectivity index is 1.98. The standard InChI is InChI=1S/C15H24O/c1-8(2)12-11(16)7-15(4)10-6-5-9(3)14(15)13(10)12/h5,8,10-14,16H,6-7H2,1-4H3. The molecule has 2 saturated carbocycles. The van der Waals surface area contributed by atoms with Crippen molar-refractivity contribution < 1.29 is 5.11 Å². The zero-order valence-electron chi connectivity index (χ0n) is 10.9. The second kappa shape index (κ2) is 3.13. The van der Waals surface area contributed by atoms with E-state index in [9.17, 15) is 5.11 Å². The normalized spacial score (nSPS) is 54.6. The highest BCUT2D eigenvalue weighted by molar-refractivity contribution is 5.29. The number of aliphatic hydroxyl groups is 1. The first kappa shape index (κ1) is 10.8. The van der Waals surface area contributed by atoms with Crippen LogP contribution in [-0.2, 0) is 0 Å². The van der Waals surface area contributed by atoms with Gasteiger partial charge in [0.25, 0.3) is 0 Å². The van der Waals surface area contributed by atoms with Gasteiger partial charge in [-0.3, -0.25) is 0 Å². The summed E-state index contributed by atoms with van der Waals surface area (Å²) < 4.78 is 0. The van der Waals surface area contributed by atoms with Gasteiger partial charge in [-0.15, -0.1) is 0 Å². The molecule has 2 fully saturated rings. The summed E-state index contributed by atoms with van der Waals surface area (Å²) >= 11 is 0. The Labute approximate surface area is 98.9 Å². The lowest BCUT2D eigenvalue weighted by Gasteiger charge is -2.71. The van der Waals surface area contributed by atoms with E-state index >= 15 is 0 Å². The topological polar surface area (TPSA) is 20.2 Å². The van der Waals surface area contributed by atoms with Gasteiger partial charge in [-0.25, -0.2) is 0 Å². The van der Waals surface area contributed by atoms with Crippen LogP contribution in [0.1, 0.15) is 40.5 Å². The first-order valence-corrected chi connectivity index (χ1v) is 6.81. The van der Waals surface area contributed by atoms with Gasteiger partial charge in [0.15, 0.2) is 0 Å². The summed E-state index contributed by atoms with van der Waals surface area (Å²) in [7, 11) is 0. The highest BCUT2D eigenvalue weighted by Gasteiger charge is 2.67. The number of fused-ring (bicyclic) bond motifs is 1. The van der Waals surface area contributed by atoms with E-state index in [0.717, 1.165) is 24.2 Å². The van der Waals surface area contributed by atoms with Crippen molar-refractivity contribution in [2.24, 2.45) is 35.0 Å². The van der Waals surface area contributed by atoms with Crippen molar-refractivity contribution in [2.45, 2.75) is 46.6 Å². The zero-order chi connectivity index (χ0) is 11.7. The Bertz CT molecular complexity index is 343. The van der Waals surface area contributed by atoms with Crippen molar-refractivity contribution in [3.8, 4) is 0 Å². The van der Waals surface area contributed by atoms with Crippen LogP contribution in [0, 0.1) is 35.0 Å². The van der Waals surface area contributed by atoms with Gasteiger partial charge in [-0.2, -0.15) is 0 Å². The lowest BCUT2D eigenvalue weighted by atomic mass is 9.34. The van der Waals surface area contributed by atoms with E-state index in [4.69, 9.17) is 0 Å². The quantitative estimate of drug-likeness (QED) is 0.673. The Morgan fingerprint density at radius 1 is 1.44 bits per heavy atom. The van der Waals surface area contributed by atoms with Gasteiger partial charge < -0.3 is 5.11 Å². The zero-order valence-corrected chi connectivity index (χ0v) is 10.9. The molecule has 1 heteroatoms. The average Bonchev–Trinajstić information content (AvgIpc) is 2.15. The molecule has 4 bridgehead atoms. The number of hydrogen-bond acceptors (Lipinski definition) is 1. The van der Waals surface area contributed by atoms with Gasteiger partial charge in [-0.1, -0.05) is 32.4 Å². The van der Waals surface area contributed by atoms with Crippen LogP contribution in [0.5, 0.6) is 0 Å². The molecule has 0 spiro atoms. The molecule has 1 N–H and O–H groups in total. The summed E-state index contributed by atoms with van der Waals surface area (Å²) in [6.07, 6.45) is 4.70. The third-order valence-corrected chi connectivity index (χ3v) is 5.90. The van der Waals surface area contributed by atoms with Crippen LogP contribution >= 0.6 is 0 Å². The van der Waals surface area contributed by atoms with E-state index in [2.05, 4.69) is 33.8 Å². The molecule has 1 nitrogen and oxygen atoms in total. The number of aliphatic hydroxyl groups excluding tert-OH is 1. The number of rotatable bonds is 1. The highest BCUT2D eigenvalue weighted by Crippen LogP contribution is 2.71. The molecule has 0 aromatic rings. The molecule has 6 unspecified atom stereocenters. The molecule has 16 heavy (non-hydrogen) atoms. The number of allylic oxidation sites excluding steroid dienone is 2. The van der Waals surface area contributed by atoms with Crippen LogP contribution in [0.15, 0.2) is 11.6 Å². The summed E-state index contributed by atoms with van der Waals surface area (Å²) in [4.78, 5) is 0. The highest BCUT2D eigenvalue weighted by atomic mass is 16.3. The fraction of sp³-hybridized carbons (Fsp3) is 0.867. The van der Waals surface area contributed by atoms with E-state index in [-0.39, 0.29) is 6.10 Å². The minimum atomic E-state index is -0.0478. The molecule has 0 radical (unpaired) electrons. The Kier molecular flexibility index (Phi) is 2.12. The second-order valence-corrected chi connectivity index (χ2v) is 6.94. The molecule has 0 saturated heterocycles. The van der Waals surface area contributed by atoms with Crippen LogP contribution in [0.4, 0.5) is 0 Å². The molecule has 6 atom stereocenters. The van der Waals surface area contributed by atoms with E-state index in [0.29, 0.717) is 17.3 Å². The van der Waals surface area contributed by atoms with Crippen LogP contribution in [0.25, 0.3) is 0 Å². The van der Waals surface area contributed by atoms with E-state index in [1.807, 2.05) is 0 Å². The van der Waals surface area contributed by atoms with E-state index < -0.39 is 0 Å². The van der Waals surface area contributed by atoms with E-state index in [1.54, 1.807) is 5.57 Å². The van der Waals surface area contributed by atoms with Gasteiger partial charge in [0.05, 0.1) is 6.10 Å². The maximum atomic E-state index is 10.3. The van der Waals surface area contributed by atoms with Crippen molar-refractivity contribution in [3.05, 3.63) is 11.6 Å². The summed E-state index contributed by atoms with van der Waals surface area (Å²) in [6.45, 7) is 9.28. The molecular weight excluding hydrogens is 196 g/mol. The van der Waals surface area contributed by atoms with Gasteiger partial charge in [0, 0.05) is 0 Å². The van der Waals surface area contributed by atoms with Gasteiger partial charge >= 0.3 is 0 Å². The smallest absolute Gasteiger partial charge is 0.0579 e. The third-order valence-electron chi connectivity index (χ3n) is 5.90. The summed E-state index contributed by atoms with van der Waals surface area (Å²) in [6, 6.07) is 0.